The molecule has 102 valence electrons. The van der Waals surface area contributed by atoms with E-state index in [4.69, 9.17) is 10.6 Å². The molecule has 6 heteroatoms. The van der Waals surface area contributed by atoms with Crippen molar-refractivity contribution in [3.63, 3.8) is 0 Å². The molecule has 2 aromatic rings. The van der Waals surface area contributed by atoms with Crippen LogP contribution in [0.15, 0.2) is 34.2 Å². The van der Waals surface area contributed by atoms with Crippen molar-refractivity contribution in [2.45, 2.75) is 18.9 Å². The van der Waals surface area contributed by atoms with Gasteiger partial charge >= 0.3 is 0 Å². The molecular weight excluding hydrogens is 326 g/mol. The Hall–Kier alpha value is -0.950. The summed E-state index contributed by atoms with van der Waals surface area (Å²) in [7, 11) is 1.61. The first kappa shape index (κ1) is 14.5. The van der Waals surface area contributed by atoms with Gasteiger partial charge in [0.25, 0.3) is 0 Å². The number of methoxy groups -OCH3 is 1. The lowest BCUT2D eigenvalue weighted by atomic mass is 10.0. The van der Waals surface area contributed by atoms with Gasteiger partial charge in [-0.25, -0.2) is 4.98 Å². The van der Waals surface area contributed by atoms with E-state index in [0.29, 0.717) is 5.88 Å². The molecule has 0 amide bonds. The number of hydrogen-bond acceptors (Lipinski definition) is 5. The number of pyridine rings is 1. The minimum atomic E-state index is 0.195. The predicted octanol–water partition coefficient (Wildman–Crippen LogP) is 2.53. The molecule has 0 radical (unpaired) electrons. The predicted molar refractivity (Wildman–Crippen MR) is 81.3 cm³/mol. The summed E-state index contributed by atoms with van der Waals surface area (Å²) < 4.78 is 6.19. The summed E-state index contributed by atoms with van der Waals surface area (Å²) in [5, 5.41) is 0. The third kappa shape index (κ3) is 4.28. The fourth-order valence-corrected chi connectivity index (χ4v) is 3.39. The van der Waals surface area contributed by atoms with Gasteiger partial charge in [0.15, 0.2) is 0 Å². The number of rotatable bonds is 6. The first-order valence-corrected chi connectivity index (χ1v) is 7.51. The number of hydrazine groups is 1. The van der Waals surface area contributed by atoms with E-state index in [2.05, 4.69) is 38.5 Å². The lowest BCUT2D eigenvalue weighted by molar-refractivity contribution is 0.397. The summed E-state index contributed by atoms with van der Waals surface area (Å²) in [5.74, 6) is 6.26. The van der Waals surface area contributed by atoms with E-state index in [1.54, 1.807) is 18.4 Å². The highest BCUT2D eigenvalue weighted by atomic mass is 79.9. The number of halogens is 1. The van der Waals surface area contributed by atoms with E-state index in [-0.39, 0.29) is 6.04 Å². The molecule has 19 heavy (non-hydrogen) atoms. The van der Waals surface area contributed by atoms with Gasteiger partial charge in [-0.2, -0.15) is 0 Å². The second kappa shape index (κ2) is 7.00. The van der Waals surface area contributed by atoms with Gasteiger partial charge in [0, 0.05) is 23.2 Å². The molecule has 4 nitrogen and oxygen atoms in total. The molecule has 2 rings (SSSR count). The molecule has 0 saturated heterocycles. The number of nitrogens with zero attached hydrogens (tertiary/aromatic N) is 1. The van der Waals surface area contributed by atoms with Crippen molar-refractivity contribution >= 4 is 27.3 Å². The third-order valence-electron chi connectivity index (χ3n) is 2.80. The number of nitrogens with one attached hydrogen (secondary N) is 1. The maximum absolute atomic E-state index is 5.63. The van der Waals surface area contributed by atoms with Crippen molar-refractivity contribution in [1.82, 2.24) is 10.4 Å². The van der Waals surface area contributed by atoms with Crippen molar-refractivity contribution in [1.29, 1.82) is 0 Å². The van der Waals surface area contributed by atoms with E-state index < -0.39 is 0 Å². The molecule has 0 spiro atoms. The Kier molecular flexibility index (Phi) is 5.33. The van der Waals surface area contributed by atoms with Crippen molar-refractivity contribution in [3.05, 3.63) is 44.7 Å². The van der Waals surface area contributed by atoms with E-state index in [9.17, 15) is 0 Å². The van der Waals surface area contributed by atoms with Gasteiger partial charge in [-0.15, -0.1) is 11.3 Å². The van der Waals surface area contributed by atoms with Crippen molar-refractivity contribution in [3.8, 4) is 5.88 Å². The first-order chi connectivity index (χ1) is 9.21. The molecule has 0 aliphatic carbocycles. The van der Waals surface area contributed by atoms with Crippen molar-refractivity contribution in [2.75, 3.05) is 7.11 Å². The van der Waals surface area contributed by atoms with E-state index in [1.807, 2.05) is 18.3 Å². The summed E-state index contributed by atoms with van der Waals surface area (Å²) in [6.07, 6.45) is 3.56. The maximum atomic E-state index is 5.63. The maximum Gasteiger partial charge on any atom is 0.212 e. The minimum Gasteiger partial charge on any atom is -0.481 e. The zero-order valence-electron chi connectivity index (χ0n) is 10.6. The molecule has 0 aliphatic rings. The Labute approximate surface area is 125 Å². The fourth-order valence-electron chi connectivity index (χ4n) is 1.83. The lowest BCUT2D eigenvalue weighted by Crippen LogP contribution is -2.38. The second-order valence-corrected chi connectivity index (χ2v) is 6.73. The SMILES string of the molecule is COc1ccc(CC(Cc2ccc(Br)s2)NN)cn1. The molecular formula is C13H16BrN3OS. The lowest BCUT2D eigenvalue weighted by Gasteiger charge is -2.14. The first-order valence-electron chi connectivity index (χ1n) is 5.90. The summed E-state index contributed by atoms with van der Waals surface area (Å²) >= 11 is 5.20. The standard InChI is InChI=1S/C13H16BrN3OS/c1-18-13-5-2-9(8-16-13)6-10(17-15)7-11-3-4-12(14)19-11/h2-5,8,10,17H,6-7,15H2,1H3. The third-order valence-corrected chi connectivity index (χ3v) is 4.45. The van der Waals surface area contributed by atoms with Gasteiger partial charge in [-0.05, 0) is 46.5 Å². The van der Waals surface area contributed by atoms with Crippen LogP contribution in [0.1, 0.15) is 10.4 Å². The summed E-state index contributed by atoms with van der Waals surface area (Å²) in [5.41, 5.74) is 4.01. The molecule has 3 N–H and O–H groups in total. The van der Waals surface area contributed by atoms with Crippen LogP contribution in [-0.2, 0) is 12.8 Å². The molecule has 1 unspecified atom stereocenters. The highest BCUT2D eigenvalue weighted by Crippen LogP contribution is 2.23. The molecule has 0 bridgehead atoms. The Morgan fingerprint density at radius 2 is 2.21 bits per heavy atom. The van der Waals surface area contributed by atoms with Gasteiger partial charge in [0.1, 0.15) is 0 Å². The second-order valence-electron chi connectivity index (χ2n) is 4.19. The average Bonchev–Trinajstić information content (AvgIpc) is 2.84. The van der Waals surface area contributed by atoms with Crippen LogP contribution in [0.5, 0.6) is 5.88 Å². The minimum absolute atomic E-state index is 0.195. The molecule has 0 saturated carbocycles. The van der Waals surface area contributed by atoms with Crippen LogP contribution in [0.25, 0.3) is 0 Å². The Morgan fingerprint density at radius 1 is 1.37 bits per heavy atom. The topological polar surface area (TPSA) is 60.2 Å². The summed E-state index contributed by atoms with van der Waals surface area (Å²) in [6, 6.07) is 8.25. The average molecular weight is 342 g/mol. The Morgan fingerprint density at radius 3 is 2.74 bits per heavy atom. The number of aromatic nitrogens is 1. The molecule has 0 aromatic carbocycles. The molecule has 1 atom stereocenters. The number of thiophene rings is 1. The van der Waals surface area contributed by atoms with Crippen LogP contribution in [0.4, 0.5) is 0 Å². The van der Waals surface area contributed by atoms with E-state index in [1.165, 1.54) is 4.88 Å². The van der Waals surface area contributed by atoms with Gasteiger partial charge in [-0.3, -0.25) is 11.3 Å². The van der Waals surface area contributed by atoms with Crippen LogP contribution in [-0.4, -0.2) is 18.1 Å². The van der Waals surface area contributed by atoms with E-state index in [0.717, 1.165) is 22.2 Å². The number of ether oxygens (including phenoxy) is 1. The van der Waals surface area contributed by atoms with Gasteiger partial charge in [0.2, 0.25) is 5.88 Å². The smallest absolute Gasteiger partial charge is 0.212 e. The van der Waals surface area contributed by atoms with Crippen LogP contribution >= 0.6 is 27.3 Å². The Balaban J connectivity index is 1.97. The summed E-state index contributed by atoms with van der Waals surface area (Å²) in [4.78, 5) is 5.50. The molecule has 0 fully saturated rings. The fraction of sp³-hybridized carbons (Fsp3) is 0.308. The number of hydrogen-bond donors (Lipinski definition) is 2. The monoisotopic (exact) mass is 341 g/mol. The zero-order valence-corrected chi connectivity index (χ0v) is 13.0. The molecule has 0 aliphatic heterocycles. The quantitative estimate of drug-likeness (QED) is 0.626. The highest BCUT2D eigenvalue weighted by molar-refractivity contribution is 9.11. The molecule has 2 heterocycles. The Bertz CT molecular complexity index is 515. The van der Waals surface area contributed by atoms with Crippen LogP contribution in [0.2, 0.25) is 0 Å². The highest BCUT2D eigenvalue weighted by Gasteiger charge is 2.11. The number of nitrogens with two attached hydrogens (primary N) is 1. The normalized spacial score (nSPS) is 12.4. The molecule has 2 aromatic heterocycles. The van der Waals surface area contributed by atoms with Crippen molar-refractivity contribution < 1.29 is 4.74 Å². The van der Waals surface area contributed by atoms with Gasteiger partial charge < -0.3 is 4.74 Å². The van der Waals surface area contributed by atoms with Gasteiger partial charge in [-0.1, -0.05) is 6.07 Å². The summed E-state index contributed by atoms with van der Waals surface area (Å²) in [6.45, 7) is 0. The van der Waals surface area contributed by atoms with Gasteiger partial charge in [0.05, 0.1) is 10.9 Å². The van der Waals surface area contributed by atoms with Crippen LogP contribution in [0.3, 0.4) is 0 Å². The largest absolute Gasteiger partial charge is 0.481 e. The van der Waals surface area contributed by atoms with E-state index >= 15 is 0 Å². The van der Waals surface area contributed by atoms with Crippen LogP contribution < -0.4 is 16.0 Å². The van der Waals surface area contributed by atoms with Crippen molar-refractivity contribution in [2.24, 2.45) is 5.84 Å². The van der Waals surface area contributed by atoms with Crippen LogP contribution in [0, 0.1) is 0 Å². The zero-order chi connectivity index (χ0) is 13.7.